The van der Waals surface area contributed by atoms with Crippen LogP contribution >= 0.6 is 0 Å². The zero-order chi connectivity index (χ0) is 19.3. The van der Waals surface area contributed by atoms with E-state index in [-0.39, 0.29) is 11.8 Å². The number of aryl methyl sites for hydroxylation is 2. The van der Waals surface area contributed by atoms with Crippen molar-refractivity contribution < 1.29 is 9.59 Å². The van der Waals surface area contributed by atoms with E-state index in [9.17, 15) is 9.59 Å². The summed E-state index contributed by atoms with van der Waals surface area (Å²) < 4.78 is 0. The molecular weight excluding hydrogens is 326 g/mol. The van der Waals surface area contributed by atoms with Gasteiger partial charge in [-0.3, -0.25) is 9.59 Å². The van der Waals surface area contributed by atoms with Crippen molar-refractivity contribution in [1.29, 1.82) is 0 Å². The molecule has 1 N–H and O–H groups in total. The van der Waals surface area contributed by atoms with Crippen LogP contribution in [-0.4, -0.2) is 54.3 Å². The number of nitrogens with zero attached hydrogens (tertiary/aromatic N) is 2. The molecule has 2 amide bonds. The highest BCUT2D eigenvalue weighted by Crippen LogP contribution is 2.27. The molecular formula is C21H33N3O2. The summed E-state index contributed by atoms with van der Waals surface area (Å²) in [6, 6.07) is 6.10. The van der Waals surface area contributed by atoms with Crippen LogP contribution in [0.4, 0.5) is 5.69 Å². The second kappa shape index (κ2) is 8.67. The first-order valence-electron chi connectivity index (χ1n) is 9.79. The van der Waals surface area contributed by atoms with Crippen LogP contribution in [0.25, 0.3) is 0 Å². The van der Waals surface area contributed by atoms with Crippen LogP contribution in [0.15, 0.2) is 18.2 Å². The van der Waals surface area contributed by atoms with Crippen molar-refractivity contribution in [2.75, 3.05) is 38.0 Å². The highest BCUT2D eigenvalue weighted by atomic mass is 16.2. The van der Waals surface area contributed by atoms with Crippen molar-refractivity contribution >= 4 is 17.5 Å². The lowest BCUT2D eigenvalue weighted by molar-refractivity contribution is -0.147. The monoisotopic (exact) mass is 359 g/mol. The maximum absolute atomic E-state index is 13.0. The smallest absolute Gasteiger partial charge is 0.239 e. The van der Waals surface area contributed by atoms with E-state index in [1.54, 1.807) is 13.8 Å². The number of para-hydroxylation sites is 1. The Morgan fingerprint density at radius 1 is 1.00 bits per heavy atom. The summed E-state index contributed by atoms with van der Waals surface area (Å²) in [5, 5.41) is 3.06. The lowest BCUT2D eigenvalue weighted by Gasteiger charge is -2.37. The summed E-state index contributed by atoms with van der Waals surface area (Å²) in [7, 11) is 0. The van der Waals surface area contributed by atoms with Gasteiger partial charge in [0.2, 0.25) is 11.8 Å². The Kier molecular flexibility index (Phi) is 6.81. The number of amides is 2. The molecule has 1 heterocycles. The van der Waals surface area contributed by atoms with Crippen LogP contribution in [0.2, 0.25) is 0 Å². The topological polar surface area (TPSA) is 52.7 Å². The fourth-order valence-corrected chi connectivity index (χ4v) is 3.43. The highest BCUT2D eigenvalue weighted by Gasteiger charge is 2.40. The number of nitrogens with one attached hydrogen (secondary N) is 1. The molecule has 26 heavy (non-hydrogen) atoms. The van der Waals surface area contributed by atoms with Crippen LogP contribution < -0.4 is 5.32 Å². The molecule has 0 aromatic heterocycles. The van der Waals surface area contributed by atoms with E-state index in [0.717, 1.165) is 49.3 Å². The summed E-state index contributed by atoms with van der Waals surface area (Å²) >= 11 is 0. The summed E-state index contributed by atoms with van der Waals surface area (Å²) in [5.74, 6) is -0.311. The van der Waals surface area contributed by atoms with Crippen LogP contribution in [0.3, 0.4) is 0 Å². The molecule has 2 rings (SSSR count). The third-order valence-corrected chi connectivity index (χ3v) is 5.45. The average molecular weight is 360 g/mol. The molecule has 1 aliphatic heterocycles. The Morgan fingerprint density at radius 2 is 1.54 bits per heavy atom. The molecule has 0 saturated carbocycles. The number of benzene rings is 1. The Bertz CT molecular complexity index is 624. The van der Waals surface area contributed by atoms with E-state index in [0.29, 0.717) is 13.1 Å². The molecule has 1 fully saturated rings. The minimum atomic E-state index is -1.08. The van der Waals surface area contributed by atoms with E-state index in [2.05, 4.69) is 31.0 Å². The number of rotatable bonds is 6. The predicted molar refractivity (Wildman–Crippen MR) is 106 cm³/mol. The number of likely N-dealkylation sites (N-methyl/N-ethyl adjacent to an activating group) is 1. The molecule has 5 heteroatoms. The number of hydrogen-bond acceptors (Lipinski definition) is 3. The second-order valence-electron chi connectivity index (χ2n) is 7.46. The number of carbonyl (C=O) groups is 2. The number of carbonyl (C=O) groups excluding carboxylic acids is 2. The maximum Gasteiger partial charge on any atom is 0.239 e. The lowest BCUT2D eigenvalue weighted by atomic mass is 9.89. The summed E-state index contributed by atoms with van der Waals surface area (Å²) in [4.78, 5) is 30.2. The van der Waals surface area contributed by atoms with Crippen LogP contribution in [0.1, 0.15) is 45.7 Å². The van der Waals surface area contributed by atoms with Gasteiger partial charge in [-0.2, -0.15) is 0 Å². The first-order chi connectivity index (χ1) is 12.3. The molecule has 0 bridgehead atoms. The van der Waals surface area contributed by atoms with Gasteiger partial charge in [-0.25, -0.2) is 0 Å². The number of anilines is 1. The van der Waals surface area contributed by atoms with Crippen molar-refractivity contribution in [2.24, 2.45) is 5.41 Å². The van der Waals surface area contributed by atoms with Crippen LogP contribution in [-0.2, 0) is 22.4 Å². The molecule has 0 radical (unpaired) electrons. The highest BCUT2D eigenvalue weighted by molar-refractivity contribution is 6.10. The third kappa shape index (κ3) is 4.26. The minimum absolute atomic E-state index is 0.0854. The van der Waals surface area contributed by atoms with E-state index < -0.39 is 5.41 Å². The van der Waals surface area contributed by atoms with Crippen molar-refractivity contribution in [3.05, 3.63) is 29.3 Å². The Balaban J connectivity index is 2.14. The van der Waals surface area contributed by atoms with Gasteiger partial charge in [-0.15, -0.1) is 0 Å². The van der Waals surface area contributed by atoms with Crippen molar-refractivity contribution in [3.63, 3.8) is 0 Å². The fourth-order valence-electron chi connectivity index (χ4n) is 3.43. The molecule has 1 aliphatic rings. The van der Waals surface area contributed by atoms with Gasteiger partial charge in [0.25, 0.3) is 0 Å². The molecule has 0 spiro atoms. The van der Waals surface area contributed by atoms with E-state index in [4.69, 9.17) is 0 Å². The normalized spacial score (nSPS) is 15.8. The molecule has 1 saturated heterocycles. The molecule has 0 atom stereocenters. The Morgan fingerprint density at radius 3 is 2.00 bits per heavy atom. The van der Waals surface area contributed by atoms with E-state index in [1.807, 2.05) is 23.1 Å². The zero-order valence-corrected chi connectivity index (χ0v) is 16.9. The Hall–Kier alpha value is -1.88. The first kappa shape index (κ1) is 20.4. The van der Waals surface area contributed by atoms with Gasteiger partial charge in [-0.1, -0.05) is 39.0 Å². The van der Waals surface area contributed by atoms with Crippen molar-refractivity contribution in [1.82, 2.24) is 9.80 Å². The molecule has 0 unspecified atom stereocenters. The van der Waals surface area contributed by atoms with Gasteiger partial charge >= 0.3 is 0 Å². The predicted octanol–water partition coefficient (Wildman–Crippen LogP) is 2.94. The minimum Gasteiger partial charge on any atom is -0.339 e. The lowest BCUT2D eigenvalue weighted by Crippen LogP contribution is -2.54. The standard InChI is InChI=1S/C21H33N3O2/c1-6-16-10-9-11-17(7-2)18(16)22-19(25)21(4,5)20(26)24-14-12-23(8-3)13-15-24/h9-11H,6-8,12-15H2,1-5H3,(H,22,25). The SMILES string of the molecule is CCc1cccc(CC)c1NC(=O)C(C)(C)C(=O)N1CCN(CC)CC1. The van der Waals surface area contributed by atoms with Gasteiger partial charge < -0.3 is 15.1 Å². The van der Waals surface area contributed by atoms with Crippen LogP contribution in [0, 0.1) is 5.41 Å². The summed E-state index contributed by atoms with van der Waals surface area (Å²) in [6.45, 7) is 13.9. The van der Waals surface area contributed by atoms with Crippen molar-refractivity contribution in [2.45, 2.75) is 47.5 Å². The van der Waals surface area contributed by atoms with E-state index in [1.165, 1.54) is 0 Å². The quantitative estimate of drug-likeness (QED) is 0.795. The number of hydrogen-bond donors (Lipinski definition) is 1. The molecule has 1 aromatic rings. The molecule has 1 aromatic carbocycles. The first-order valence-corrected chi connectivity index (χ1v) is 9.79. The molecule has 144 valence electrons. The average Bonchev–Trinajstić information content (AvgIpc) is 2.67. The summed E-state index contributed by atoms with van der Waals surface area (Å²) in [5.41, 5.74) is 2.01. The molecule has 5 nitrogen and oxygen atoms in total. The number of piperazine rings is 1. The zero-order valence-electron chi connectivity index (χ0n) is 16.9. The Labute approximate surface area is 157 Å². The van der Waals surface area contributed by atoms with Gasteiger partial charge in [0.05, 0.1) is 0 Å². The second-order valence-corrected chi connectivity index (χ2v) is 7.46. The van der Waals surface area contributed by atoms with Crippen LogP contribution in [0.5, 0.6) is 0 Å². The summed E-state index contributed by atoms with van der Waals surface area (Å²) in [6.07, 6.45) is 1.69. The largest absolute Gasteiger partial charge is 0.339 e. The fraction of sp³-hybridized carbons (Fsp3) is 0.619. The van der Waals surface area contributed by atoms with E-state index >= 15 is 0 Å². The van der Waals surface area contributed by atoms with Crippen molar-refractivity contribution in [3.8, 4) is 0 Å². The van der Waals surface area contributed by atoms with Gasteiger partial charge in [0.1, 0.15) is 5.41 Å². The van der Waals surface area contributed by atoms with Gasteiger partial charge in [0.15, 0.2) is 0 Å². The van der Waals surface area contributed by atoms with Gasteiger partial charge in [-0.05, 0) is 44.4 Å². The maximum atomic E-state index is 13.0. The third-order valence-electron chi connectivity index (χ3n) is 5.45. The molecule has 0 aliphatic carbocycles. The van der Waals surface area contributed by atoms with Gasteiger partial charge in [0, 0.05) is 31.9 Å².